The molecule has 1 saturated heterocycles. The molecule has 0 spiro atoms. The predicted molar refractivity (Wildman–Crippen MR) is 110 cm³/mol. The molecule has 28 heavy (non-hydrogen) atoms. The Labute approximate surface area is 167 Å². The Balaban J connectivity index is 1.57. The topological polar surface area (TPSA) is 56.6 Å². The Bertz CT molecular complexity index is 791. The molecule has 1 atom stereocenters. The zero-order valence-corrected chi connectivity index (χ0v) is 16.4. The van der Waals surface area contributed by atoms with E-state index in [-0.39, 0.29) is 5.91 Å². The van der Waals surface area contributed by atoms with E-state index in [0.29, 0.717) is 31.7 Å². The monoisotopic (exact) mass is 377 g/mol. The molecule has 1 heterocycles. The second-order valence-corrected chi connectivity index (χ2v) is 6.98. The van der Waals surface area contributed by atoms with Crippen LogP contribution in [0.25, 0.3) is 11.1 Å². The van der Waals surface area contributed by atoms with Crippen LogP contribution in [-0.2, 0) is 4.79 Å². The second kappa shape index (κ2) is 9.91. The predicted octanol–water partition coefficient (Wildman–Crippen LogP) is 3.57. The van der Waals surface area contributed by atoms with Crippen LogP contribution in [0.4, 0.5) is 0 Å². The van der Waals surface area contributed by atoms with Crippen molar-refractivity contribution in [3.8, 4) is 22.9 Å². The molecule has 1 amide bonds. The van der Waals surface area contributed by atoms with Gasteiger partial charge in [-0.25, -0.2) is 0 Å². The number of amides is 1. The van der Waals surface area contributed by atoms with E-state index >= 15 is 0 Å². The van der Waals surface area contributed by atoms with Crippen molar-refractivity contribution in [2.45, 2.75) is 25.9 Å². The molecule has 0 radical (unpaired) electrons. The minimum Gasteiger partial charge on any atom is -0.481 e. The number of nitriles is 1. The van der Waals surface area contributed by atoms with Gasteiger partial charge in [0.05, 0.1) is 6.07 Å². The molecule has 5 heteroatoms. The van der Waals surface area contributed by atoms with E-state index in [1.54, 1.807) is 0 Å². The molecule has 0 saturated carbocycles. The molecule has 3 rings (SSSR count). The lowest BCUT2D eigenvalue weighted by atomic mass is 10.1. The normalized spacial score (nSPS) is 15.6. The first kappa shape index (κ1) is 19.9. The van der Waals surface area contributed by atoms with Gasteiger partial charge in [0, 0.05) is 39.1 Å². The fraction of sp³-hybridized carbons (Fsp3) is 0.391. The molecule has 5 nitrogen and oxygen atoms in total. The first-order valence-corrected chi connectivity index (χ1v) is 9.91. The number of carbonyl (C=O) groups is 1. The minimum atomic E-state index is -0.465. The lowest BCUT2D eigenvalue weighted by Gasteiger charge is -2.36. The highest BCUT2D eigenvalue weighted by atomic mass is 16.5. The van der Waals surface area contributed by atoms with E-state index in [1.165, 1.54) is 0 Å². The van der Waals surface area contributed by atoms with Gasteiger partial charge in [-0.3, -0.25) is 9.69 Å². The lowest BCUT2D eigenvalue weighted by Crippen LogP contribution is -2.52. The molecule has 2 aromatic rings. The van der Waals surface area contributed by atoms with Crippen LogP contribution in [0.5, 0.6) is 5.75 Å². The Morgan fingerprint density at radius 3 is 2.29 bits per heavy atom. The van der Waals surface area contributed by atoms with Gasteiger partial charge in [0.2, 0.25) is 0 Å². The number of ether oxygens (including phenoxy) is 1. The van der Waals surface area contributed by atoms with Crippen molar-refractivity contribution in [2.75, 3.05) is 32.7 Å². The fourth-order valence-corrected chi connectivity index (χ4v) is 3.43. The van der Waals surface area contributed by atoms with Crippen molar-refractivity contribution in [3.63, 3.8) is 0 Å². The summed E-state index contributed by atoms with van der Waals surface area (Å²) in [5, 5.41) is 8.71. The smallest absolute Gasteiger partial charge is 0.263 e. The van der Waals surface area contributed by atoms with Crippen LogP contribution in [0, 0.1) is 11.3 Å². The molecule has 0 aromatic heterocycles. The highest BCUT2D eigenvalue weighted by Crippen LogP contribution is 2.23. The van der Waals surface area contributed by atoms with Gasteiger partial charge in [-0.15, -0.1) is 0 Å². The third-order valence-electron chi connectivity index (χ3n) is 5.11. The number of hydrogen-bond acceptors (Lipinski definition) is 4. The van der Waals surface area contributed by atoms with Crippen LogP contribution in [0.3, 0.4) is 0 Å². The summed E-state index contributed by atoms with van der Waals surface area (Å²) < 4.78 is 6.01. The maximum absolute atomic E-state index is 12.9. The average molecular weight is 377 g/mol. The molecule has 1 aliphatic heterocycles. The molecule has 0 N–H and O–H groups in total. The molecule has 146 valence electrons. The largest absolute Gasteiger partial charge is 0.481 e. The van der Waals surface area contributed by atoms with Crippen molar-refractivity contribution in [3.05, 3.63) is 54.6 Å². The summed E-state index contributed by atoms with van der Waals surface area (Å²) in [5.74, 6) is 0.766. The molecule has 1 fully saturated rings. The molecule has 2 aromatic carbocycles. The van der Waals surface area contributed by atoms with E-state index in [2.05, 4.69) is 23.1 Å². The van der Waals surface area contributed by atoms with Crippen molar-refractivity contribution < 1.29 is 9.53 Å². The lowest BCUT2D eigenvalue weighted by molar-refractivity contribution is -0.140. The van der Waals surface area contributed by atoms with E-state index in [0.717, 1.165) is 30.8 Å². The summed E-state index contributed by atoms with van der Waals surface area (Å²) in [4.78, 5) is 17.0. The Kier molecular flexibility index (Phi) is 7.05. The summed E-state index contributed by atoms with van der Waals surface area (Å²) in [6, 6.07) is 20.3. The average Bonchev–Trinajstić information content (AvgIpc) is 2.77. The first-order chi connectivity index (χ1) is 13.7. The Morgan fingerprint density at radius 2 is 1.68 bits per heavy atom. The highest BCUT2D eigenvalue weighted by Gasteiger charge is 2.27. The summed E-state index contributed by atoms with van der Waals surface area (Å²) >= 11 is 0. The van der Waals surface area contributed by atoms with Crippen LogP contribution < -0.4 is 4.74 Å². The minimum absolute atomic E-state index is 0.0505. The molecule has 1 unspecified atom stereocenters. The van der Waals surface area contributed by atoms with E-state index in [1.807, 2.05) is 54.3 Å². The Morgan fingerprint density at radius 1 is 1.04 bits per heavy atom. The summed E-state index contributed by atoms with van der Waals surface area (Å²) in [6.45, 7) is 5.77. The molecular formula is C23H27N3O2. The maximum atomic E-state index is 12.9. The molecule has 0 aliphatic carbocycles. The van der Waals surface area contributed by atoms with Gasteiger partial charge in [-0.05, 0) is 29.7 Å². The zero-order chi connectivity index (χ0) is 19.8. The fourth-order valence-electron chi connectivity index (χ4n) is 3.43. The summed E-state index contributed by atoms with van der Waals surface area (Å²) in [7, 11) is 0. The number of carbonyl (C=O) groups excluding carboxylic acids is 1. The van der Waals surface area contributed by atoms with Gasteiger partial charge in [0.15, 0.2) is 6.10 Å². The Hall–Kier alpha value is -2.84. The van der Waals surface area contributed by atoms with Crippen molar-refractivity contribution in [1.29, 1.82) is 5.26 Å². The van der Waals surface area contributed by atoms with Crippen LogP contribution in [-0.4, -0.2) is 54.5 Å². The molecular weight excluding hydrogens is 350 g/mol. The third-order valence-corrected chi connectivity index (χ3v) is 5.11. The van der Waals surface area contributed by atoms with Crippen LogP contribution in [0.1, 0.15) is 19.8 Å². The van der Waals surface area contributed by atoms with E-state index in [4.69, 9.17) is 10.00 Å². The van der Waals surface area contributed by atoms with Crippen LogP contribution >= 0.6 is 0 Å². The summed E-state index contributed by atoms with van der Waals surface area (Å²) in [6.07, 6.45) is 0.704. The van der Waals surface area contributed by atoms with Gasteiger partial charge < -0.3 is 9.64 Å². The van der Waals surface area contributed by atoms with Crippen LogP contribution in [0.15, 0.2) is 54.6 Å². The zero-order valence-electron chi connectivity index (χ0n) is 16.4. The van der Waals surface area contributed by atoms with Gasteiger partial charge in [-0.1, -0.05) is 49.4 Å². The number of rotatable bonds is 7. The molecule has 0 bridgehead atoms. The number of piperazine rings is 1. The van der Waals surface area contributed by atoms with E-state index < -0.39 is 6.10 Å². The van der Waals surface area contributed by atoms with E-state index in [9.17, 15) is 4.79 Å². The second-order valence-electron chi connectivity index (χ2n) is 6.98. The highest BCUT2D eigenvalue weighted by molar-refractivity contribution is 5.81. The SMILES string of the molecule is CCC(Oc1ccc(-c2ccccc2)cc1)C(=O)N1CCN(CCC#N)CC1. The maximum Gasteiger partial charge on any atom is 0.263 e. The van der Waals surface area contributed by atoms with Gasteiger partial charge in [0.25, 0.3) is 5.91 Å². The number of benzene rings is 2. The van der Waals surface area contributed by atoms with Crippen molar-refractivity contribution in [1.82, 2.24) is 9.80 Å². The first-order valence-electron chi connectivity index (χ1n) is 9.91. The van der Waals surface area contributed by atoms with Crippen molar-refractivity contribution in [2.24, 2.45) is 0 Å². The van der Waals surface area contributed by atoms with Crippen LogP contribution in [0.2, 0.25) is 0 Å². The third kappa shape index (κ3) is 5.11. The number of nitrogens with zero attached hydrogens (tertiary/aromatic N) is 3. The van der Waals surface area contributed by atoms with Gasteiger partial charge in [0.1, 0.15) is 5.75 Å². The standard InChI is InChI=1S/C23H27N3O2/c1-2-22(23(27)26-17-15-25(16-18-26)14-6-13-24)28-21-11-9-20(10-12-21)19-7-4-3-5-8-19/h3-5,7-12,22H,2,6,14-18H2,1H3. The van der Waals surface area contributed by atoms with Crippen molar-refractivity contribution >= 4 is 5.91 Å². The number of hydrogen-bond donors (Lipinski definition) is 0. The summed E-state index contributed by atoms with van der Waals surface area (Å²) in [5.41, 5.74) is 2.28. The van der Waals surface area contributed by atoms with Gasteiger partial charge >= 0.3 is 0 Å². The molecule has 1 aliphatic rings. The quantitative estimate of drug-likeness (QED) is 0.740. The van der Waals surface area contributed by atoms with Gasteiger partial charge in [-0.2, -0.15) is 5.26 Å².